The van der Waals surface area contributed by atoms with Gasteiger partial charge in [-0.25, -0.2) is 0 Å². The van der Waals surface area contributed by atoms with E-state index in [2.05, 4.69) is 32.1 Å². The summed E-state index contributed by atoms with van der Waals surface area (Å²) in [6.07, 6.45) is 2.64. The molecular formula is C51H80BN11O14. The Kier molecular flexibility index (Phi) is 27.8. The van der Waals surface area contributed by atoms with Crippen molar-refractivity contribution in [3.8, 4) is 0 Å². The molecule has 0 radical (unpaired) electrons. The summed E-state index contributed by atoms with van der Waals surface area (Å²) in [6, 6.07) is 12.4. The highest BCUT2D eigenvalue weighted by atomic mass is 16.5. The predicted molar refractivity (Wildman–Crippen MR) is 284 cm³/mol. The van der Waals surface area contributed by atoms with Crippen LogP contribution >= 0.6 is 0 Å². The van der Waals surface area contributed by atoms with Crippen LogP contribution in [-0.4, -0.2) is 232 Å². The third-order valence-corrected chi connectivity index (χ3v) is 13.3. The van der Waals surface area contributed by atoms with Crippen LogP contribution in [0.2, 0.25) is 0 Å². The summed E-state index contributed by atoms with van der Waals surface area (Å²) in [5.74, 6) is -5.28. The summed E-state index contributed by atoms with van der Waals surface area (Å²) in [7, 11) is -1.68. The van der Waals surface area contributed by atoms with Crippen molar-refractivity contribution in [2.45, 2.75) is 102 Å². The summed E-state index contributed by atoms with van der Waals surface area (Å²) < 4.78 is 0. The molecule has 2 aromatic carbocycles. The number of β-amino-alcohol motifs (C(OH)–C–C–N with tert-alkyl or cyclic N) is 2. The number of hydrogen-bond acceptors (Lipinski definition) is 17. The molecular weight excluding hydrogens is 1000 g/mol. The number of nitrogens with one attached hydrogen (secondary N) is 6. The molecule has 2 aromatic rings. The van der Waals surface area contributed by atoms with Crippen LogP contribution in [0.15, 0.2) is 48.5 Å². The smallest absolute Gasteiger partial charge is 0.475 e. The number of carbonyl (C=O) groups is 8. The first-order valence-corrected chi connectivity index (χ1v) is 26.5. The molecule has 2 heterocycles. The molecule has 0 spiro atoms. The topological polar surface area (TPSA) is 346 Å². The maximum absolute atomic E-state index is 13.8. The van der Waals surface area contributed by atoms with Crippen molar-refractivity contribution < 1.29 is 68.8 Å². The van der Waals surface area contributed by atoms with Crippen molar-refractivity contribution in [1.29, 1.82) is 0 Å². The van der Waals surface area contributed by atoms with Gasteiger partial charge in [-0.3, -0.25) is 68.8 Å². The summed E-state index contributed by atoms with van der Waals surface area (Å²) in [5, 5.41) is 69.2. The van der Waals surface area contributed by atoms with E-state index >= 15 is 0 Å². The first kappa shape index (κ1) is 63.3. The minimum atomic E-state index is -1.68. The Morgan fingerprint density at radius 2 is 1.22 bits per heavy atom. The number of aliphatic carboxylic acids is 2. The van der Waals surface area contributed by atoms with Crippen molar-refractivity contribution in [3.63, 3.8) is 0 Å². The van der Waals surface area contributed by atoms with Gasteiger partial charge in [0.2, 0.25) is 29.5 Å². The summed E-state index contributed by atoms with van der Waals surface area (Å²) in [5.41, 5.74) is 8.36. The van der Waals surface area contributed by atoms with E-state index in [4.69, 9.17) is 0 Å². The van der Waals surface area contributed by atoms with Gasteiger partial charge in [-0.05, 0) is 95.0 Å². The number of benzene rings is 2. The number of aryl methyl sites for hydroxylation is 2. The van der Waals surface area contributed by atoms with E-state index in [1.54, 1.807) is 31.7 Å². The van der Waals surface area contributed by atoms with E-state index in [0.717, 1.165) is 17.5 Å². The molecule has 0 bridgehead atoms. The zero-order chi connectivity index (χ0) is 56.3. The van der Waals surface area contributed by atoms with Crippen LogP contribution in [-0.2, 0) is 40.0 Å². The quantitative estimate of drug-likeness (QED) is 0.0181. The molecule has 2 fully saturated rings. The normalized spacial score (nSPS) is 17.0. The number of anilines is 1. The Morgan fingerprint density at radius 1 is 0.649 bits per heavy atom. The van der Waals surface area contributed by atoms with Crippen LogP contribution in [0.1, 0.15) is 86.2 Å². The Hall–Kier alpha value is -6.26. The molecule has 3 atom stereocenters. The number of carboxylic acids is 2. The van der Waals surface area contributed by atoms with Crippen LogP contribution < -0.4 is 32.1 Å². The number of hydrogen-bond donors (Lipinski definition) is 12. The van der Waals surface area contributed by atoms with Crippen LogP contribution in [0, 0.1) is 6.92 Å². The van der Waals surface area contributed by atoms with Gasteiger partial charge in [0, 0.05) is 96.9 Å². The molecule has 1 unspecified atom stereocenters. The first-order chi connectivity index (χ1) is 36.8. The number of carboxylic acid groups (broad SMARTS) is 2. The van der Waals surface area contributed by atoms with Gasteiger partial charge in [0.05, 0.1) is 31.3 Å². The monoisotopic (exact) mass is 1080 g/mol. The lowest BCUT2D eigenvalue weighted by atomic mass is 9.78. The van der Waals surface area contributed by atoms with Crippen molar-refractivity contribution >= 4 is 60.2 Å². The van der Waals surface area contributed by atoms with E-state index in [-0.39, 0.29) is 116 Å². The zero-order valence-electron chi connectivity index (χ0n) is 44.4. The SMILES string of the molecule is Cc1ccc(CCCC(=O)NCCCCC(NC(=O)CN2CCN(CC(=O)O)CCN(CC(=O)O)CCN(CC(O)O)CC2)C(=O)NCCCC(=O)NNc2ccc(C(=O)N[C@H](C)C(=O)N3CCC[C@H]3B(O)O)cc2)cc1. The van der Waals surface area contributed by atoms with Gasteiger partial charge in [0.25, 0.3) is 5.91 Å². The molecule has 0 saturated carbocycles. The number of carbonyl (C=O) groups excluding carboxylic acids is 6. The van der Waals surface area contributed by atoms with Crippen molar-refractivity contribution in [1.82, 2.24) is 51.2 Å². The van der Waals surface area contributed by atoms with E-state index < -0.39 is 72.9 Å². The second kappa shape index (κ2) is 33.8. The molecule has 77 heavy (non-hydrogen) atoms. The maximum Gasteiger partial charge on any atom is 0.475 e. The average Bonchev–Trinajstić information content (AvgIpc) is 3.88. The largest absolute Gasteiger partial charge is 0.480 e. The molecule has 2 aliphatic rings. The number of aliphatic hydroxyl groups is 2. The van der Waals surface area contributed by atoms with Gasteiger partial charge in [-0.2, -0.15) is 0 Å². The molecule has 0 aliphatic carbocycles. The Morgan fingerprint density at radius 3 is 1.81 bits per heavy atom. The fourth-order valence-electron chi connectivity index (χ4n) is 9.02. The van der Waals surface area contributed by atoms with Crippen molar-refractivity contribution in [2.24, 2.45) is 0 Å². The highest BCUT2D eigenvalue weighted by Gasteiger charge is 2.38. The molecule has 2 aliphatic heterocycles. The van der Waals surface area contributed by atoms with Crippen LogP contribution in [0.5, 0.6) is 0 Å². The standard InChI is InChI=1S/C51H80BN11O14/c1-36-13-15-38(16-14-36)8-5-11-43(64)53-21-4-3-9-41(56-45(66)32-59-24-26-60(33-46(67)68)28-30-62(35-48(71)72)31-29-61(27-25-59)34-47(69)70)50(74)54-22-6-12-44(65)58-57-40-19-17-39(18-20-40)49(73)55-37(2)51(75)63-23-7-10-42(63)52(76)77/h13-20,37,41-42,46,57,67-68,76-77H,3-12,21-35H2,1-2H3,(H,53,64)(H,54,74)(H,55,73)(H,56,66)(H,58,65)(H,69,70)(H,71,72)/t37-,41?,42+/m1/s1. The number of likely N-dealkylation sites (tertiary alicyclic amines) is 1. The molecule has 426 valence electrons. The zero-order valence-corrected chi connectivity index (χ0v) is 44.4. The van der Waals surface area contributed by atoms with Crippen LogP contribution in [0.3, 0.4) is 0 Å². The third kappa shape index (κ3) is 24.7. The second-order valence-electron chi connectivity index (χ2n) is 19.7. The minimum Gasteiger partial charge on any atom is -0.480 e. The first-order valence-electron chi connectivity index (χ1n) is 26.5. The second-order valence-corrected chi connectivity index (χ2v) is 19.7. The van der Waals surface area contributed by atoms with Crippen LogP contribution in [0.25, 0.3) is 0 Å². The molecule has 4 rings (SSSR count). The lowest BCUT2D eigenvalue weighted by Crippen LogP contribution is -2.52. The summed E-state index contributed by atoms with van der Waals surface area (Å²) in [6.45, 7) is 5.31. The maximum atomic E-state index is 13.8. The molecule has 6 amide bonds. The Bertz CT molecular complexity index is 2210. The fourth-order valence-corrected chi connectivity index (χ4v) is 9.02. The van der Waals surface area contributed by atoms with E-state index in [0.29, 0.717) is 57.3 Å². The molecule has 26 heteroatoms. The van der Waals surface area contributed by atoms with Gasteiger partial charge in [-0.15, -0.1) is 0 Å². The van der Waals surface area contributed by atoms with Gasteiger partial charge >= 0.3 is 19.1 Å². The number of unbranched alkanes of at least 4 members (excludes halogenated alkanes) is 1. The number of nitrogens with zero attached hydrogens (tertiary/aromatic N) is 5. The third-order valence-electron chi connectivity index (χ3n) is 13.3. The number of rotatable bonds is 29. The van der Waals surface area contributed by atoms with Crippen molar-refractivity contribution in [3.05, 3.63) is 65.2 Å². The van der Waals surface area contributed by atoms with Gasteiger partial charge < -0.3 is 56.6 Å². The average molecular weight is 1080 g/mol. The highest BCUT2D eigenvalue weighted by molar-refractivity contribution is 6.43. The number of hydrazine groups is 1. The Labute approximate surface area is 450 Å². The summed E-state index contributed by atoms with van der Waals surface area (Å²) in [4.78, 5) is 110. The molecule has 12 N–H and O–H groups in total. The highest BCUT2D eigenvalue weighted by Crippen LogP contribution is 2.19. The lowest BCUT2D eigenvalue weighted by Gasteiger charge is -2.33. The summed E-state index contributed by atoms with van der Waals surface area (Å²) >= 11 is 0. The van der Waals surface area contributed by atoms with Gasteiger partial charge in [-0.1, -0.05) is 29.8 Å². The Balaban J connectivity index is 1.30. The van der Waals surface area contributed by atoms with E-state index in [9.17, 15) is 68.8 Å². The van der Waals surface area contributed by atoms with Crippen molar-refractivity contribution in [2.75, 3.05) is 104 Å². The minimum absolute atomic E-state index is 0.00237. The molecule has 0 aromatic heterocycles. The molecule has 2 saturated heterocycles. The van der Waals surface area contributed by atoms with Crippen LogP contribution in [0.4, 0.5) is 5.69 Å². The van der Waals surface area contributed by atoms with E-state index in [1.807, 2.05) is 31.2 Å². The number of amides is 6. The van der Waals surface area contributed by atoms with Gasteiger partial charge in [0.15, 0.2) is 6.29 Å². The van der Waals surface area contributed by atoms with Gasteiger partial charge in [0.1, 0.15) is 12.1 Å². The fraction of sp³-hybridized carbons (Fsp3) is 0.608. The molecule has 25 nitrogen and oxygen atoms in total. The lowest BCUT2D eigenvalue weighted by molar-refractivity contribution is -0.140. The number of aliphatic hydroxyl groups excluding tert-OH is 1. The van der Waals surface area contributed by atoms with E-state index in [1.165, 1.54) is 24.0 Å². The predicted octanol–water partition coefficient (Wildman–Crippen LogP) is -2.05.